The Morgan fingerprint density at radius 1 is 1.24 bits per heavy atom. The summed E-state index contributed by atoms with van der Waals surface area (Å²) in [5.41, 5.74) is 3.19. The zero-order valence-corrected chi connectivity index (χ0v) is 19.8. The molecule has 1 amide bonds. The van der Waals surface area contributed by atoms with E-state index in [-0.39, 0.29) is 23.0 Å². The van der Waals surface area contributed by atoms with E-state index in [4.69, 9.17) is 12.2 Å². The second-order valence-electron chi connectivity index (χ2n) is 8.29. The van der Waals surface area contributed by atoms with Crippen molar-refractivity contribution in [1.29, 1.82) is 0 Å². The van der Waals surface area contributed by atoms with Crippen LogP contribution in [0.1, 0.15) is 36.5 Å². The van der Waals surface area contributed by atoms with E-state index in [1.165, 1.54) is 15.8 Å². The van der Waals surface area contributed by atoms with Crippen molar-refractivity contribution in [1.82, 2.24) is 14.9 Å². The molecule has 2 aromatic carbocycles. The van der Waals surface area contributed by atoms with Crippen molar-refractivity contribution in [3.63, 3.8) is 0 Å². The highest BCUT2D eigenvalue weighted by Crippen LogP contribution is 2.29. The molecule has 0 saturated heterocycles. The first-order valence-electron chi connectivity index (χ1n) is 11.4. The van der Waals surface area contributed by atoms with Crippen LogP contribution in [0.5, 0.6) is 0 Å². The van der Waals surface area contributed by atoms with E-state index in [0.717, 1.165) is 30.4 Å². The quantitative estimate of drug-likeness (QED) is 0.363. The largest absolute Gasteiger partial charge is 0.372 e. The first-order chi connectivity index (χ1) is 16.0. The topological polar surface area (TPSA) is 79.3 Å². The van der Waals surface area contributed by atoms with E-state index in [1.54, 1.807) is 0 Å². The van der Waals surface area contributed by atoms with Gasteiger partial charge in [-0.25, -0.2) is 9.55 Å². The van der Waals surface area contributed by atoms with Crippen LogP contribution < -0.4 is 15.5 Å². The smallest absolute Gasteiger partial charge is 0.257 e. The lowest BCUT2D eigenvalue weighted by molar-refractivity contribution is -0.121. The van der Waals surface area contributed by atoms with Crippen LogP contribution in [0.3, 0.4) is 0 Å². The highest BCUT2D eigenvalue weighted by Gasteiger charge is 2.31. The maximum Gasteiger partial charge on any atom is 0.257 e. The Morgan fingerprint density at radius 2 is 2.06 bits per heavy atom. The molecule has 0 aliphatic carbocycles. The Morgan fingerprint density at radius 3 is 2.85 bits per heavy atom. The van der Waals surface area contributed by atoms with E-state index in [1.807, 2.05) is 24.3 Å². The molecule has 4 rings (SSSR count). The van der Waals surface area contributed by atoms with Crippen molar-refractivity contribution in [3.05, 3.63) is 58.9 Å². The minimum absolute atomic E-state index is 0.0502. The number of hydrogen-bond donors (Lipinski definition) is 2. The summed E-state index contributed by atoms with van der Waals surface area (Å²) in [5, 5.41) is 7.09. The molecule has 2 heterocycles. The number of carbonyl (C=O) groups excluding carboxylic acids is 2. The molecule has 172 valence electrons. The van der Waals surface area contributed by atoms with E-state index in [9.17, 15) is 9.59 Å². The summed E-state index contributed by atoms with van der Waals surface area (Å²) in [6, 6.07) is 15.5. The summed E-state index contributed by atoms with van der Waals surface area (Å²) >= 11 is 5.32. The number of nitrogens with one attached hydrogen (secondary N) is 2. The van der Waals surface area contributed by atoms with Crippen molar-refractivity contribution >= 4 is 46.4 Å². The molecule has 2 N–H and O–H groups in total. The van der Waals surface area contributed by atoms with Crippen LogP contribution in [0, 0.1) is 11.7 Å². The molecule has 1 atom stereocenters. The number of rotatable bonds is 9. The predicted molar refractivity (Wildman–Crippen MR) is 135 cm³/mol. The average molecular weight is 464 g/mol. The molecule has 1 aliphatic heterocycles. The molecule has 0 radical (unpaired) electrons. The van der Waals surface area contributed by atoms with Gasteiger partial charge < -0.3 is 15.5 Å². The molecule has 3 aromatic rings. The van der Waals surface area contributed by atoms with Gasteiger partial charge in [0.05, 0.1) is 5.52 Å². The van der Waals surface area contributed by atoms with Gasteiger partial charge in [-0.2, -0.15) is 0 Å². The minimum Gasteiger partial charge on any atom is -0.372 e. The molecule has 8 heteroatoms. The third-order valence-corrected chi connectivity index (χ3v) is 6.23. The Labute approximate surface area is 198 Å². The molecule has 33 heavy (non-hydrogen) atoms. The van der Waals surface area contributed by atoms with Gasteiger partial charge in [0, 0.05) is 37.1 Å². The summed E-state index contributed by atoms with van der Waals surface area (Å²) in [7, 11) is 0. The van der Waals surface area contributed by atoms with Crippen molar-refractivity contribution in [2.45, 2.75) is 39.2 Å². The minimum atomic E-state index is -0.484. The number of fused-ring (bicyclic) bond motifs is 3. The maximum atomic E-state index is 12.9. The molecular weight excluding hydrogens is 434 g/mol. The number of amides is 1. The molecular formula is C25H29N5O2S. The van der Waals surface area contributed by atoms with Crippen LogP contribution in [0.15, 0.2) is 48.5 Å². The Bertz CT molecular complexity index is 1240. The summed E-state index contributed by atoms with van der Waals surface area (Å²) in [5.74, 6) is 0.459. The lowest BCUT2D eigenvalue weighted by Gasteiger charge is -2.23. The number of carbonyl (C=O) groups is 2. The average Bonchev–Trinajstić information content (AvgIpc) is 3.15. The van der Waals surface area contributed by atoms with Crippen LogP contribution >= 0.6 is 12.2 Å². The lowest BCUT2D eigenvalue weighted by Crippen LogP contribution is -2.31. The highest BCUT2D eigenvalue weighted by molar-refractivity contribution is 7.71. The van der Waals surface area contributed by atoms with Gasteiger partial charge in [-0.15, -0.1) is 0 Å². The van der Waals surface area contributed by atoms with Gasteiger partial charge in [0.2, 0.25) is 10.7 Å². The first kappa shape index (κ1) is 22.9. The molecule has 0 unspecified atom stereocenters. The van der Waals surface area contributed by atoms with Crippen LogP contribution in [0.4, 0.5) is 11.5 Å². The molecule has 0 fully saturated rings. The van der Waals surface area contributed by atoms with Crippen molar-refractivity contribution in [3.8, 4) is 0 Å². The fraction of sp³-hybridized carbons (Fsp3) is 0.360. The standard InChI is InChI=1S/C25H29N5O2S/c1-3-29(18-9-6-8-17(2)16-18)15-7-14-26-22(31)13-12-21-24(32)30-23(27-21)19-10-4-5-11-20(19)28-25(30)33/h4-6,8-11,16,21,27H,3,7,12-15H2,1-2H3,(H,26,31)/t21-/m1/s1. The number of benzene rings is 2. The Kier molecular flexibility index (Phi) is 7.03. The normalized spacial score (nSPS) is 14.7. The maximum absolute atomic E-state index is 12.9. The fourth-order valence-electron chi connectivity index (χ4n) is 4.22. The number of hydrogen-bond acceptors (Lipinski definition) is 6. The highest BCUT2D eigenvalue weighted by atomic mass is 32.1. The van der Waals surface area contributed by atoms with E-state index in [0.29, 0.717) is 18.8 Å². The van der Waals surface area contributed by atoms with Crippen LogP contribution in [0.25, 0.3) is 10.9 Å². The van der Waals surface area contributed by atoms with Crippen LogP contribution in [-0.4, -0.2) is 47.0 Å². The van der Waals surface area contributed by atoms with Crippen LogP contribution in [-0.2, 0) is 4.79 Å². The van der Waals surface area contributed by atoms with Crippen molar-refractivity contribution < 1.29 is 9.59 Å². The van der Waals surface area contributed by atoms with Gasteiger partial charge in [-0.1, -0.05) is 24.3 Å². The second kappa shape index (κ2) is 10.1. The van der Waals surface area contributed by atoms with E-state index in [2.05, 4.69) is 58.6 Å². The number of anilines is 2. The molecule has 1 aromatic heterocycles. The summed E-state index contributed by atoms with van der Waals surface area (Å²) in [6.07, 6.45) is 1.53. The fourth-order valence-corrected chi connectivity index (χ4v) is 4.50. The molecule has 1 aliphatic rings. The number of para-hydroxylation sites is 1. The third-order valence-electron chi connectivity index (χ3n) is 5.96. The van der Waals surface area contributed by atoms with Crippen molar-refractivity contribution in [2.75, 3.05) is 29.9 Å². The summed E-state index contributed by atoms with van der Waals surface area (Å²) < 4.78 is 1.69. The van der Waals surface area contributed by atoms with E-state index >= 15 is 0 Å². The summed E-state index contributed by atoms with van der Waals surface area (Å²) in [4.78, 5) is 31.9. The first-order valence-corrected chi connectivity index (χ1v) is 11.8. The zero-order valence-electron chi connectivity index (χ0n) is 19.0. The van der Waals surface area contributed by atoms with Gasteiger partial charge in [0.15, 0.2) is 0 Å². The van der Waals surface area contributed by atoms with E-state index < -0.39 is 6.04 Å². The van der Waals surface area contributed by atoms with Gasteiger partial charge in [0.25, 0.3) is 5.91 Å². The van der Waals surface area contributed by atoms with Gasteiger partial charge in [0.1, 0.15) is 11.9 Å². The molecule has 0 spiro atoms. The molecule has 0 bridgehead atoms. The lowest BCUT2D eigenvalue weighted by atomic mass is 10.1. The number of aryl methyl sites for hydroxylation is 1. The number of aromatic nitrogens is 2. The second-order valence-corrected chi connectivity index (χ2v) is 8.66. The predicted octanol–water partition coefficient (Wildman–Crippen LogP) is 4.32. The van der Waals surface area contributed by atoms with Crippen molar-refractivity contribution in [2.24, 2.45) is 0 Å². The summed E-state index contributed by atoms with van der Waals surface area (Å²) in [6.45, 7) is 6.62. The van der Waals surface area contributed by atoms with Crippen LogP contribution in [0.2, 0.25) is 0 Å². The monoisotopic (exact) mass is 463 g/mol. The Balaban J connectivity index is 1.26. The zero-order chi connectivity index (χ0) is 23.4. The van der Waals surface area contributed by atoms with Gasteiger partial charge >= 0.3 is 0 Å². The molecule has 7 nitrogen and oxygen atoms in total. The SMILES string of the molecule is CCN(CCCNC(=O)CC[C@H]1Nc2c3ccccc3nc(=S)n2C1=O)c1cccc(C)c1. The van der Waals surface area contributed by atoms with Gasteiger partial charge in [-0.05, 0) is 68.7 Å². The Hall–Kier alpha value is -3.26. The van der Waals surface area contributed by atoms with Gasteiger partial charge in [-0.3, -0.25) is 9.59 Å². The number of nitrogens with zero attached hydrogens (tertiary/aromatic N) is 3. The molecule has 0 saturated carbocycles. The third kappa shape index (κ3) is 5.06.